The van der Waals surface area contributed by atoms with Crippen LogP contribution in [-0.4, -0.2) is 38.2 Å². The first-order chi connectivity index (χ1) is 10.2. The molecular formula is C16H19N3O2. The van der Waals surface area contributed by atoms with Crippen LogP contribution in [0.4, 0.5) is 11.4 Å². The average molecular weight is 285 g/mol. The van der Waals surface area contributed by atoms with E-state index < -0.39 is 0 Å². The monoisotopic (exact) mass is 285 g/mol. The zero-order valence-corrected chi connectivity index (χ0v) is 12.2. The lowest BCUT2D eigenvalue weighted by Gasteiger charge is -2.19. The highest BCUT2D eigenvalue weighted by molar-refractivity contribution is 5.92. The summed E-state index contributed by atoms with van der Waals surface area (Å²) in [7, 11) is 3.56. The van der Waals surface area contributed by atoms with E-state index in [9.17, 15) is 4.79 Å². The Labute approximate surface area is 124 Å². The standard InChI is InChI=1S/C16H19N3O2/c1-19(13-6-4-3-5-7-13)14-8-9-15(18-12-14)16(20)17-10-11-21-2/h3-9,12H,10-11H2,1-2H3,(H,17,20). The van der Waals surface area contributed by atoms with Gasteiger partial charge < -0.3 is 15.0 Å². The van der Waals surface area contributed by atoms with Crippen LogP contribution in [0.2, 0.25) is 0 Å². The van der Waals surface area contributed by atoms with Crippen LogP contribution in [0.3, 0.4) is 0 Å². The van der Waals surface area contributed by atoms with Gasteiger partial charge in [0, 0.05) is 26.4 Å². The molecule has 0 spiro atoms. The molecule has 1 aromatic heterocycles. The highest BCUT2D eigenvalue weighted by Crippen LogP contribution is 2.22. The lowest BCUT2D eigenvalue weighted by molar-refractivity contribution is 0.0932. The van der Waals surface area contributed by atoms with Crippen LogP contribution in [0.5, 0.6) is 0 Å². The Morgan fingerprint density at radius 1 is 1.19 bits per heavy atom. The molecule has 0 aliphatic heterocycles. The Morgan fingerprint density at radius 3 is 2.57 bits per heavy atom. The minimum Gasteiger partial charge on any atom is -0.383 e. The number of rotatable bonds is 6. The van der Waals surface area contributed by atoms with E-state index in [4.69, 9.17) is 4.74 Å². The van der Waals surface area contributed by atoms with Crippen molar-refractivity contribution in [2.75, 3.05) is 32.2 Å². The second kappa shape index (κ2) is 7.40. The van der Waals surface area contributed by atoms with Crippen molar-refractivity contribution < 1.29 is 9.53 Å². The Balaban J connectivity index is 2.03. The normalized spacial score (nSPS) is 10.2. The fraction of sp³-hybridized carbons (Fsp3) is 0.250. The number of para-hydroxylation sites is 1. The summed E-state index contributed by atoms with van der Waals surface area (Å²) in [4.78, 5) is 18.1. The van der Waals surface area contributed by atoms with E-state index in [1.807, 2.05) is 48.3 Å². The summed E-state index contributed by atoms with van der Waals surface area (Å²) in [6, 6.07) is 13.6. The van der Waals surface area contributed by atoms with Gasteiger partial charge in [-0.2, -0.15) is 0 Å². The number of ether oxygens (including phenoxy) is 1. The van der Waals surface area contributed by atoms with Crippen LogP contribution in [0.1, 0.15) is 10.5 Å². The molecule has 1 amide bonds. The molecule has 0 saturated heterocycles. The predicted molar refractivity (Wildman–Crippen MR) is 83.0 cm³/mol. The van der Waals surface area contributed by atoms with Gasteiger partial charge in [0.1, 0.15) is 5.69 Å². The van der Waals surface area contributed by atoms with Gasteiger partial charge in [0.15, 0.2) is 0 Å². The Bertz CT molecular complexity index is 570. The molecule has 2 aromatic rings. The topological polar surface area (TPSA) is 54.5 Å². The number of aromatic nitrogens is 1. The number of amides is 1. The molecule has 0 aliphatic rings. The SMILES string of the molecule is COCCNC(=O)c1ccc(N(C)c2ccccc2)cn1. The maximum absolute atomic E-state index is 11.8. The molecule has 1 N–H and O–H groups in total. The van der Waals surface area contributed by atoms with Crippen molar-refractivity contribution >= 4 is 17.3 Å². The van der Waals surface area contributed by atoms with Crippen molar-refractivity contribution in [1.29, 1.82) is 0 Å². The number of hydrogen-bond donors (Lipinski definition) is 1. The maximum Gasteiger partial charge on any atom is 0.269 e. The molecular weight excluding hydrogens is 266 g/mol. The molecule has 1 aromatic carbocycles. The van der Waals surface area contributed by atoms with Gasteiger partial charge in [-0.05, 0) is 24.3 Å². The molecule has 1 heterocycles. The third-order valence-electron chi connectivity index (χ3n) is 3.10. The first kappa shape index (κ1) is 15.0. The predicted octanol–water partition coefficient (Wildman–Crippen LogP) is 2.23. The Hall–Kier alpha value is -2.40. The summed E-state index contributed by atoms with van der Waals surface area (Å²) >= 11 is 0. The molecule has 0 unspecified atom stereocenters. The molecule has 2 rings (SSSR count). The van der Waals surface area contributed by atoms with Crippen LogP contribution in [-0.2, 0) is 4.74 Å². The zero-order chi connectivity index (χ0) is 15.1. The lowest BCUT2D eigenvalue weighted by Crippen LogP contribution is -2.27. The summed E-state index contributed by atoms with van der Waals surface area (Å²) < 4.78 is 4.89. The van der Waals surface area contributed by atoms with Gasteiger partial charge >= 0.3 is 0 Å². The number of carbonyl (C=O) groups is 1. The van der Waals surface area contributed by atoms with Crippen molar-refractivity contribution in [1.82, 2.24) is 10.3 Å². The van der Waals surface area contributed by atoms with Gasteiger partial charge in [0.05, 0.1) is 18.5 Å². The van der Waals surface area contributed by atoms with Gasteiger partial charge in [0.2, 0.25) is 0 Å². The lowest BCUT2D eigenvalue weighted by atomic mass is 10.2. The summed E-state index contributed by atoms with van der Waals surface area (Å²) in [5, 5.41) is 2.74. The first-order valence-electron chi connectivity index (χ1n) is 6.74. The summed E-state index contributed by atoms with van der Waals surface area (Å²) in [6.07, 6.45) is 1.69. The molecule has 0 saturated carbocycles. The number of pyridine rings is 1. The van der Waals surface area contributed by atoms with E-state index in [1.165, 1.54) is 0 Å². The number of nitrogens with zero attached hydrogens (tertiary/aromatic N) is 2. The third kappa shape index (κ3) is 4.03. The largest absolute Gasteiger partial charge is 0.383 e. The highest BCUT2D eigenvalue weighted by Gasteiger charge is 2.08. The van der Waals surface area contributed by atoms with E-state index in [-0.39, 0.29) is 5.91 Å². The number of nitrogens with one attached hydrogen (secondary N) is 1. The van der Waals surface area contributed by atoms with E-state index in [1.54, 1.807) is 19.4 Å². The summed E-state index contributed by atoms with van der Waals surface area (Å²) in [6.45, 7) is 0.962. The molecule has 0 aliphatic carbocycles. The molecule has 0 radical (unpaired) electrons. The molecule has 0 bridgehead atoms. The third-order valence-corrected chi connectivity index (χ3v) is 3.10. The second-order valence-corrected chi connectivity index (χ2v) is 4.54. The number of benzene rings is 1. The molecule has 110 valence electrons. The van der Waals surface area contributed by atoms with Crippen molar-refractivity contribution in [3.8, 4) is 0 Å². The van der Waals surface area contributed by atoms with Crippen LogP contribution >= 0.6 is 0 Å². The smallest absolute Gasteiger partial charge is 0.269 e. The average Bonchev–Trinajstić information content (AvgIpc) is 2.55. The maximum atomic E-state index is 11.8. The molecule has 5 nitrogen and oxygen atoms in total. The fourth-order valence-corrected chi connectivity index (χ4v) is 1.88. The highest BCUT2D eigenvalue weighted by atomic mass is 16.5. The Morgan fingerprint density at radius 2 is 1.95 bits per heavy atom. The van der Waals surface area contributed by atoms with Gasteiger partial charge in [0.25, 0.3) is 5.91 Å². The zero-order valence-electron chi connectivity index (χ0n) is 12.2. The van der Waals surface area contributed by atoms with E-state index in [0.717, 1.165) is 11.4 Å². The minimum atomic E-state index is -0.194. The fourth-order valence-electron chi connectivity index (χ4n) is 1.88. The van der Waals surface area contributed by atoms with Gasteiger partial charge in [-0.25, -0.2) is 4.98 Å². The van der Waals surface area contributed by atoms with Gasteiger partial charge in [-0.1, -0.05) is 18.2 Å². The molecule has 0 atom stereocenters. The summed E-state index contributed by atoms with van der Waals surface area (Å²) in [5.74, 6) is -0.194. The molecule has 0 fully saturated rings. The number of methoxy groups -OCH3 is 1. The van der Waals surface area contributed by atoms with Crippen LogP contribution in [0, 0.1) is 0 Å². The van der Waals surface area contributed by atoms with Crippen LogP contribution in [0.25, 0.3) is 0 Å². The number of hydrogen-bond acceptors (Lipinski definition) is 4. The van der Waals surface area contributed by atoms with E-state index >= 15 is 0 Å². The van der Waals surface area contributed by atoms with Gasteiger partial charge in [-0.15, -0.1) is 0 Å². The van der Waals surface area contributed by atoms with Crippen LogP contribution < -0.4 is 10.2 Å². The van der Waals surface area contributed by atoms with E-state index in [2.05, 4.69) is 10.3 Å². The van der Waals surface area contributed by atoms with Crippen molar-refractivity contribution in [2.45, 2.75) is 0 Å². The Kier molecular flexibility index (Phi) is 5.29. The number of carbonyl (C=O) groups excluding carboxylic acids is 1. The first-order valence-corrected chi connectivity index (χ1v) is 6.74. The van der Waals surface area contributed by atoms with Crippen molar-refractivity contribution in [2.24, 2.45) is 0 Å². The van der Waals surface area contributed by atoms with Gasteiger partial charge in [-0.3, -0.25) is 4.79 Å². The molecule has 21 heavy (non-hydrogen) atoms. The van der Waals surface area contributed by atoms with Crippen molar-refractivity contribution in [3.63, 3.8) is 0 Å². The summed E-state index contributed by atoms with van der Waals surface area (Å²) in [5.41, 5.74) is 2.39. The minimum absolute atomic E-state index is 0.194. The van der Waals surface area contributed by atoms with E-state index in [0.29, 0.717) is 18.8 Å². The number of anilines is 2. The quantitative estimate of drug-likeness (QED) is 0.827. The molecule has 5 heteroatoms. The van der Waals surface area contributed by atoms with Crippen LogP contribution in [0.15, 0.2) is 48.7 Å². The second-order valence-electron chi connectivity index (χ2n) is 4.54. The van der Waals surface area contributed by atoms with Crippen molar-refractivity contribution in [3.05, 3.63) is 54.4 Å².